The fourth-order valence-electron chi connectivity index (χ4n) is 2.90. The normalized spacial score (nSPS) is 18.4. The molecular weight excluding hydrogens is 334 g/mol. The van der Waals surface area contributed by atoms with E-state index in [2.05, 4.69) is 11.9 Å². The first-order valence-electron chi connectivity index (χ1n) is 7.48. The van der Waals surface area contributed by atoms with E-state index >= 15 is 0 Å². The first-order chi connectivity index (χ1) is 11.1. The van der Waals surface area contributed by atoms with Crippen LogP contribution in [0.5, 0.6) is 0 Å². The zero-order valence-electron chi connectivity index (χ0n) is 12.8. The lowest BCUT2D eigenvalue weighted by atomic mass is 9.93. The molecule has 1 atom stereocenters. The molecule has 0 saturated carbocycles. The lowest BCUT2D eigenvalue weighted by Crippen LogP contribution is -2.45. The summed E-state index contributed by atoms with van der Waals surface area (Å²) >= 11 is 0. The molecule has 2 rings (SSSR count). The SMILES string of the molecule is C=CC[C@@H](c1cc(C(F)(F)F)ccc1C(F)(F)F)N1CCNCC1. The summed E-state index contributed by atoms with van der Waals surface area (Å²) in [6.07, 6.45) is -7.83. The molecule has 0 radical (unpaired) electrons. The number of piperazine rings is 1. The summed E-state index contributed by atoms with van der Waals surface area (Å²) in [6.45, 7) is 5.62. The van der Waals surface area contributed by atoms with E-state index in [-0.39, 0.29) is 12.0 Å². The van der Waals surface area contributed by atoms with Gasteiger partial charge in [0.1, 0.15) is 0 Å². The Kier molecular flexibility index (Phi) is 5.59. The van der Waals surface area contributed by atoms with Gasteiger partial charge in [0.05, 0.1) is 11.1 Å². The highest BCUT2D eigenvalue weighted by Gasteiger charge is 2.39. The molecule has 0 amide bonds. The molecule has 1 N–H and O–H groups in total. The second-order valence-electron chi connectivity index (χ2n) is 5.62. The lowest BCUT2D eigenvalue weighted by Gasteiger charge is -2.36. The van der Waals surface area contributed by atoms with Crippen LogP contribution in [0.3, 0.4) is 0 Å². The number of halogens is 6. The predicted octanol–water partition coefficient (Wildman–Crippen LogP) is 4.25. The van der Waals surface area contributed by atoms with E-state index in [1.807, 2.05) is 0 Å². The van der Waals surface area contributed by atoms with Gasteiger partial charge in [-0.25, -0.2) is 0 Å². The smallest absolute Gasteiger partial charge is 0.314 e. The number of nitrogens with one attached hydrogen (secondary N) is 1. The minimum Gasteiger partial charge on any atom is -0.314 e. The van der Waals surface area contributed by atoms with E-state index < -0.39 is 29.5 Å². The number of hydrogen-bond acceptors (Lipinski definition) is 2. The number of alkyl halides is 6. The molecule has 134 valence electrons. The van der Waals surface area contributed by atoms with Gasteiger partial charge in [-0.3, -0.25) is 4.90 Å². The molecule has 1 aromatic carbocycles. The van der Waals surface area contributed by atoms with E-state index in [0.717, 1.165) is 0 Å². The third-order valence-corrected chi connectivity index (χ3v) is 4.03. The second-order valence-corrected chi connectivity index (χ2v) is 5.62. The van der Waals surface area contributed by atoms with Crippen LogP contribution in [0.4, 0.5) is 26.3 Å². The molecule has 1 saturated heterocycles. The molecule has 0 spiro atoms. The van der Waals surface area contributed by atoms with Crippen LogP contribution in [0.25, 0.3) is 0 Å². The Morgan fingerprint density at radius 3 is 2.21 bits per heavy atom. The maximum atomic E-state index is 13.3. The molecule has 24 heavy (non-hydrogen) atoms. The van der Waals surface area contributed by atoms with Crippen LogP contribution in [0.15, 0.2) is 30.9 Å². The summed E-state index contributed by atoms with van der Waals surface area (Å²) in [6, 6.07) is 0.841. The molecule has 1 aliphatic heterocycles. The maximum Gasteiger partial charge on any atom is 0.416 e. The highest BCUT2D eigenvalue weighted by Crippen LogP contribution is 2.41. The fourth-order valence-corrected chi connectivity index (χ4v) is 2.90. The predicted molar refractivity (Wildman–Crippen MR) is 78.4 cm³/mol. The van der Waals surface area contributed by atoms with Crippen molar-refractivity contribution in [2.24, 2.45) is 0 Å². The Hall–Kier alpha value is -1.54. The summed E-state index contributed by atoms with van der Waals surface area (Å²) in [5, 5.41) is 3.07. The fraction of sp³-hybridized carbons (Fsp3) is 0.500. The third kappa shape index (κ3) is 4.30. The summed E-state index contributed by atoms with van der Waals surface area (Å²) in [5.74, 6) is 0. The zero-order valence-corrected chi connectivity index (χ0v) is 12.8. The number of rotatable bonds is 4. The van der Waals surface area contributed by atoms with Crippen LogP contribution in [0.1, 0.15) is 29.2 Å². The van der Waals surface area contributed by atoms with Gasteiger partial charge in [-0.15, -0.1) is 6.58 Å². The van der Waals surface area contributed by atoms with Crippen LogP contribution >= 0.6 is 0 Å². The van der Waals surface area contributed by atoms with E-state index in [9.17, 15) is 26.3 Å². The van der Waals surface area contributed by atoms with Gasteiger partial charge >= 0.3 is 12.4 Å². The molecule has 0 unspecified atom stereocenters. The lowest BCUT2D eigenvalue weighted by molar-refractivity contribution is -0.142. The first kappa shape index (κ1) is 18.8. The van der Waals surface area contributed by atoms with Gasteiger partial charge in [-0.05, 0) is 30.2 Å². The van der Waals surface area contributed by atoms with E-state index in [1.165, 1.54) is 6.08 Å². The topological polar surface area (TPSA) is 15.3 Å². The molecule has 1 aromatic rings. The summed E-state index contributed by atoms with van der Waals surface area (Å²) < 4.78 is 78.8. The monoisotopic (exact) mass is 352 g/mol. The van der Waals surface area contributed by atoms with Crippen molar-refractivity contribution in [3.8, 4) is 0 Å². The molecule has 1 aliphatic rings. The molecule has 0 aromatic heterocycles. The number of nitrogens with zero attached hydrogens (tertiary/aromatic N) is 1. The van der Waals surface area contributed by atoms with Crippen molar-refractivity contribution in [3.05, 3.63) is 47.5 Å². The van der Waals surface area contributed by atoms with Crippen LogP contribution in [0.2, 0.25) is 0 Å². The summed E-state index contributed by atoms with van der Waals surface area (Å²) in [5.41, 5.74) is -2.45. The standard InChI is InChI=1S/C16H18F6N2/c1-2-3-14(24-8-6-23-7-9-24)12-10-11(15(17,18)19)4-5-13(12)16(20,21)22/h2,4-5,10,14,23H,1,3,6-9H2/t14-/m0/s1. The molecule has 1 heterocycles. The van der Waals surface area contributed by atoms with Crippen molar-refractivity contribution in [2.75, 3.05) is 26.2 Å². The molecule has 0 bridgehead atoms. The Labute approximate surface area is 136 Å². The minimum absolute atomic E-state index is 0.143. The Morgan fingerprint density at radius 1 is 1.08 bits per heavy atom. The molecule has 2 nitrogen and oxygen atoms in total. The van der Waals surface area contributed by atoms with Crippen molar-refractivity contribution in [1.82, 2.24) is 10.2 Å². The van der Waals surface area contributed by atoms with E-state index in [0.29, 0.717) is 44.4 Å². The largest absolute Gasteiger partial charge is 0.416 e. The Balaban J connectivity index is 2.54. The van der Waals surface area contributed by atoms with Crippen molar-refractivity contribution in [3.63, 3.8) is 0 Å². The van der Waals surface area contributed by atoms with Gasteiger partial charge in [-0.2, -0.15) is 26.3 Å². The summed E-state index contributed by atoms with van der Waals surface area (Å²) in [4.78, 5) is 1.77. The average Bonchev–Trinajstić information content (AvgIpc) is 2.51. The van der Waals surface area contributed by atoms with Gasteiger partial charge in [0.15, 0.2) is 0 Å². The molecular formula is C16H18F6N2. The highest BCUT2D eigenvalue weighted by atomic mass is 19.4. The van der Waals surface area contributed by atoms with E-state index in [1.54, 1.807) is 4.90 Å². The van der Waals surface area contributed by atoms with Gasteiger partial charge < -0.3 is 5.32 Å². The number of benzene rings is 1. The molecule has 1 fully saturated rings. The molecule has 0 aliphatic carbocycles. The summed E-state index contributed by atoms with van der Waals surface area (Å²) in [7, 11) is 0. The minimum atomic E-state index is -4.72. The van der Waals surface area contributed by atoms with E-state index in [4.69, 9.17) is 0 Å². The zero-order chi connectivity index (χ0) is 18.0. The van der Waals surface area contributed by atoms with Crippen LogP contribution in [-0.4, -0.2) is 31.1 Å². The Bertz CT molecular complexity index is 573. The number of hydrogen-bond donors (Lipinski definition) is 1. The maximum absolute atomic E-state index is 13.3. The van der Waals surface area contributed by atoms with Crippen molar-refractivity contribution < 1.29 is 26.3 Å². The van der Waals surface area contributed by atoms with Crippen molar-refractivity contribution in [2.45, 2.75) is 24.8 Å². The quantitative estimate of drug-likeness (QED) is 0.644. The van der Waals surface area contributed by atoms with Gasteiger partial charge in [0, 0.05) is 32.2 Å². The highest BCUT2D eigenvalue weighted by molar-refractivity contribution is 5.38. The van der Waals surface area contributed by atoms with Gasteiger partial charge in [0.2, 0.25) is 0 Å². The van der Waals surface area contributed by atoms with Crippen LogP contribution in [-0.2, 0) is 12.4 Å². The van der Waals surface area contributed by atoms with Crippen molar-refractivity contribution in [1.29, 1.82) is 0 Å². The molecule has 8 heteroatoms. The second kappa shape index (κ2) is 7.14. The van der Waals surface area contributed by atoms with Crippen LogP contribution < -0.4 is 5.32 Å². The van der Waals surface area contributed by atoms with Crippen molar-refractivity contribution >= 4 is 0 Å². The average molecular weight is 352 g/mol. The van der Waals surface area contributed by atoms with Gasteiger partial charge in [-0.1, -0.05) is 6.08 Å². The third-order valence-electron chi connectivity index (χ3n) is 4.03. The van der Waals surface area contributed by atoms with Gasteiger partial charge in [0.25, 0.3) is 0 Å². The van der Waals surface area contributed by atoms with Crippen LogP contribution in [0, 0.1) is 0 Å². The Morgan fingerprint density at radius 2 is 1.71 bits per heavy atom. The first-order valence-corrected chi connectivity index (χ1v) is 7.48.